The highest BCUT2D eigenvalue weighted by Crippen LogP contribution is 2.39. The van der Waals surface area contributed by atoms with Crippen molar-refractivity contribution in [1.82, 2.24) is 4.90 Å². The fraction of sp³-hybridized carbons (Fsp3) is 0.333. The smallest absolute Gasteiger partial charge is 0.275 e. The Morgan fingerprint density at radius 2 is 1.55 bits per heavy atom. The molecule has 2 aliphatic rings. The maximum absolute atomic E-state index is 13.3. The summed E-state index contributed by atoms with van der Waals surface area (Å²) in [6.45, 7) is 1.39. The number of nitrogens with one attached hydrogen (secondary N) is 2. The van der Waals surface area contributed by atoms with Gasteiger partial charge in [-0.3, -0.25) is 19.4 Å². The number of hydrogen-bond donors (Lipinski definition) is 2. The molecule has 0 atom stereocenters. The second-order valence-electron chi connectivity index (χ2n) is 8.07. The average Bonchev–Trinajstić information content (AvgIpc) is 3.02. The van der Waals surface area contributed by atoms with Crippen molar-refractivity contribution >= 4 is 34.8 Å². The normalized spacial score (nSPS) is 17.4. The van der Waals surface area contributed by atoms with Crippen molar-refractivity contribution < 1.29 is 14.4 Å². The van der Waals surface area contributed by atoms with Gasteiger partial charge in [0.25, 0.3) is 5.91 Å². The number of nitrogens with zero attached hydrogens (tertiary/aromatic N) is 2. The summed E-state index contributed by atoms with van der Waals surface area (Å²) in [6.07, 6.45) is 4.64. The van der Waals surface area contributed by atoms with E-state index >= 15 is 0 Å². The lowest BCUT2D eigenvalue weighted by Gasteiger charge is -2.38. The van der Waals surface area contributed by atoms with E-state index in [-0.39, 0.29) is 24.3 Å². The third kappa shape index (κ3) is 4.50. The Morgan fingerprint density at radius 1 is 0.935 bits per heavy atom. The van der Waals surface area contributed by atoms with Crippen LogP contribution < -0.4 is 10.6 Å². The molecule has 1 heterocycles. The number of anilines is 2. The molecule has 2 aromatic carbocycles. The standard InChI is InChI=1S/C24H26N4O3/c1-17(29)25-19-10-12-20(13-11-19)26-21(30)16-28-23(31)22(18-8-4-2-5-9-18)27-24(28)14-6-3-7-15-24/h2,4-5,8-13H,3,6-7,14-16H2,1H3,(H,25,29)(H,26,30). The van der Waals surface area contributed by atoms with Crippen LogP contribution in [0.1, 0.15) is 44.6 Å². The van der Waals surface area contributed by atoms with Crippen LogP contribution in [0.3, 0.4) is 0 Å². The molecule has 3 amide bonds. The number of benzene rings is 2. The van der Waals surface area contributed by atoms with Crippen molar-refractivity contribution in [3.63, 3.8) is 0 Å². The van der Waals surface area contributed by atoms with Crippen molar-refractivity contribution in [2.75, 3.05) is 17.2 Å². The molecule has 2 N–H and O–H groups in total. The van der Waals surface area contributed by atoms with Gasteiger partial charge in [0.2, 0.25) is 11.8 Å². The van der Waals surface area contributed by atoms with E-state index in [9.17, 15) is 14.4 Å². The van der Waals surface area contributed by atoms with Crippen LogP contribution in [-0.4, -0.2) is 40.5 Å². The highest BCUT2D eigenvalue weighted by Gasteiger charge is 2.48. The molecule has 1 saturated carbocycles. The lowest BCUT2D eigenvalue weighted by atomic mass is 9.88. The number of amides is 3. The van der Waals surface area contributed by atoms with Crippen LogP contribution in [0.15, 0.2) is 59.6 Å². The van der Waals surface area contributed by atoms with E-state index in [0.29, 0.717) is 17.1 Å². The van der Waals surface area contributed by atoms with Crippen LogP contribution in [0.5, 0.6) is 0 Å². The zero-order chi connectivity index (χ0) is 21.8. The minimum atomic E-state index is -0.632. The van der Waals surface area contributed by atoms with E-state index in [0.717, 1.165) is 37.7 Å². The van der Waals surface area contributed by atoms with E-state index in [1.54, 1.807) is 29.2 Å². The maximum atomic E-state index is 13.3. The number of carbonyl (C=O) groups is 3. The second kappa shape index (κ2) is 8.71. The molecule has 7 nitrogen and oxygen atoms in total. The van der Waals surface area contributed by atoms with E-state index in [4.69, 9.17) is 4.99 Å². The molecular weight excluding hydrogens is 392 g/mol. The first-order valence-electron chi connectivity index (χ1n) is 10.6. The number of hydrogen-bond acceptors (Lipinski definition) is 4. The fourth-order valence-electron chi connectivity index (χ4n) is 4.32. The molecule has 1 fully saturated rings. The molecule has 2 aromatic rings. The van der Waals surface area contributed by atoms with Crippen molar-refractivity contribution in [2.24, 2.45) is 4.99 Å². The van der Waals surface area contributed by atoms with Crippen LogP contribution in [0.4, 0.5) is 11.4 Å². The fourth-order valence-corrected chi connectivity index (χ4v) is 4.32. The summed E-state index contributed by atoms with van der Waals surface area (Å²) in [7, 11) is 0. The summed E-state index contributed by atoms with van der Waals surface area (Å²) in [5, 5.41) is 5.54. The van der Waals surface area contributed by atoms with Gasteiger partial charge >= 0.3 is 0 Å². The summed E-state index contributed by atoms with van der Waals surface area (Å²) in [5.41, 5.74) is 1.85. The Kier molecular flexibility index (Phi) is 5.84. The van der Waals surface area contributed by atoms with Gasteiger partial charge < -0.3 is 15.5 Å². The zero-order valence-corrected chi connectivity index (χ0v) is 17.6. The van der Waals surface area contributed by atoms with Crippen molar-refractivity contribution in [3.05, 3.63) is 60.2 Å². The van der Waals surface area contributed by atoms with E-state index in [1.807, 2.05) is 30.3 Å². The van der Waals surface area contributed by atoms with Gasteiger partial charge in [0, 0.05) is 23.9 Å². The Balaban J connectivity index is 1.50. The van der Waals surface area contributed by atoms with Gasteiger partial charge in [0.05, 0.1) is 0 Å². The molecule has 7 heteroatoms. The third-order valence-corrected chi connectivity index (χ3v) is 5.76. The van der Waals surface area contributed by atoms with Gasteiger partial charge in [-0.2, -0.15) is 0 Å². The molecule has 0 unspecified atom stereocenters. The first kappa shape index (κ1) is 20.8. The third-order valence-electron chi connectivity index (χ3n) is 5.76. The van der Waals surface area contributed by atoms with Crippen molar-refractivity contribution in [2.45, 2.75) is 44.7 Å². The molecule has 0 bridgehead atoms. The molecule has 0 aromatic heterocycles. The summed E-state index contributed by atoms with van der Waals surface area (Å²) >= 11 is 0. The van der Waals surface area contributed by atoms with Crippen LogP contribution >= 0.6 is 0 Å². The quantitative estimate of drug-likeness (QED) is 0.778. The largest absolute Gasteiger partial charge is 0.326 e. The second-order valence-corrected chi connectivity index (χ2v) is 8.07. The highest BCUT2D eigenvalue weighted by atomic mass is 16.2. The first-order valence-corrected chi connectivity index (χ1v) is 10.6. The van der Waals surface area contributed by atoms with E-state index in [2.05, 4.69) is 10.6 Å². The molecule has 4 rings (SSSR count). The SMILES string of the molecule is CC(=O)Nc1ccc(NC(=O)CN2C(=O)C(c3ccccc3)=NC23CCCCC3)cc1. The highest BCUT2D eigenvalue weighted by molar-refractivity contribution is 6.47. The zero-order valence-electron chi connectivity index (χ0n) is 17.6. The van der Waals surface area contributed by atoms with Crippen LogP contribution in [0.25, 0.3) is 0 Å². The number of aliphatic imine (C=N–C) groups is 1. The van der Waals surface area contributed by atoms with E-state index in [1.165, 1.54) is 6.92 Å². The summed E-state index contributed by atoms with van der Waals surface area (Å²) in [4.78, 5) is 43.8. The molecule has 1 aliphatic heterocycles. The molecule has 31 heavy (non-hydrogen) atoms. The summed E-state index contributed by atoms with van der Waals surface area (Å²) in [6, 6.07) is 16.3. The maximum Gasteiger partial charge on any atom is 0.275 e. The van der Waals surface area contributed by atoms with Crippen molar-refractivity contribution in [3.8, 4) is 0 Å². The molecule has 0 radical (unpaired) electrons. The predicted molar refractivity (Wildman–Crippen MR) is 120 cm³/mol. The topological polar surface area (TPSA) is 90.9 Å². The van der Waals surface area contributed by atoms with Gasteiger partial charge in [-0.1, -0.05) is 36.8 Å². The van der Waals surface area contributed by atoms with Crippen molar-refractivity contribution in [1.29, 1.82) is 0 Å². The first-order chi connectivity index (χ1) is 15.0. The minimum absolute atomic E-state index is 0.0495. The molecule has 0 saturated heterocycles. The van der Waals surface area contributed by atoms with Crippen LogP contribution in [-0.2, 0) is 14.4 Å². The van der Waals surface area contributed by atoms with Gasteiger partial charge in [-0.15, -0.1) is 0 Å². The summed E-state index contributed by atoms with van der Waals surface area (Å²) in [5.74, 6) is -0.615. The molecule has 160 valence electrons. The average molecular weight is 418 g/mol. The van der Waals surface area contributed by atoms with Gasteiger partial charge in [0.1, 0.15) is 17.9 Å². The Bertz CT molecular complexity index is 1010. The van der Waals surface area contributed by atoms with Crippen LogP contribution in [0.2, 0.25) is 0 Å². The lowest BCUT2D eigenvalue weighted by Crippen LogP contribution is -2.51. The Labute approximate surface area is 181 Å². The van der Waals surface area contributed by atoms with Gasteiger partial charge in [0.15, 0.2) is 0 Å². The monoisotopic (exact) mass is 418 g/mol. The minimum Gasteiger partial charge on any atom is -0.326 e. The Morgan fingerprint density at radius 3 is 2.16 bits per heavy atom. The molecule has 1 aliphatic carbocycles. The number of carbonyl (C=O) groups excluding carboxylic acids is 3. The molecule has 1 spiro atoms. The van der Waals surface area contributed by atoms with Gasteiger partial charge in [-0.25, -0.2) is 0 Å². The predicted octanol–water partition coefficient (Wildman–Crippen LogP) is 3.58. The van der Waals surface area contributed by atoms with Crippen LogP contribution in [0, 0.1) is 0 Å². The Hall–Kier alpha value is -3.48. The number of rotatable bonds is 5. The summed E-state index contributed by atoms with van der Waals surface area (Å²) < 4.78 is 0. The lowest BCUT2D eigenvalue weighted by molar-refractivity contribution is -0.134. The van der Waals surface area contributed by atoms with Gasteiger partial charge in [-0.05, 0) is 49.9 Å². The molecular formula is C24H26N4O3. The van der Waals surface area contributed by atoms with E-state index < -0.39 is 5.66 Å².